The van der Waals surface area contributed by atoms with Gasteiger partial charge in [0.2, 0.25) is 0 Å². The van der Waals surface area contributed by atoms with E-state index in [9.17, 15) is 14.7 Å². The van der Waals surface area contributed by atoms with Crippen LogP contribution >= 0.6 is 0 Å². The summed E-state index contributed by atoms with van der Waals surface area (Å²) in [7, 11) is 0. The van der Waals surface area contributed by atoms with Crippen molar-refractivity contribution < 1.29 is 24.2 Å². The Hall–Kier alpha value is -4.78. The number of para-hydroxylation sites is 1. The van der Waals surface area contributed by atoms with Crippen LogP contribution in [-0.2, 0) is 18.0 Å². The fraction of sp³-hybridized carbons (Fsp3) is 0.133. The van der Waals surface area contributed by atoms with Crippen molar-refractivity contribution in [3.05, 3.63) is 126 Å². The highest BCUT2D eigenvalue weighted by Gasteiger charge is 2.46. The van der Waals surface area contributed by atoms with E-state index in [2.05, 4.69) is 5.32 Å². The fourth-order valence-corrected chi connectivity index (χ4v) is 4.39. The average Bonchev–Trinajstić information content (AvgIpc) is 3.29. The molecule has 4 aromatic carbocycles. The van der Waals surface area contributed by atoms with Gasteiger partial charge in [0.25, 0.3) is 0 Å². The van der Waals surface area contributed by atoms with Crippen molar-refractivity contribution in [2.24, 2.45) is 0 Å². The van der Waals surface area contributed by atoms with E-state index >= 15 is 0 Å². The molecule has 0 unspecified atom stereocenters. The first-order valence-corrected chi connectivity index (χ1v) is 11.9. The highest BCUT2D eigenvalue weighted by molar-refractivity contribution is 6.00. The zero-order valence-corrected chi connectivity index (χ0v) is 20.0. The Labute approximate surface area is 214 Å². The van der Waals surface area contributed by atoms with Crippen molar-refractivity contribution >= 4 is 17.7 Å². The summed E-state index contributed by atoms with van der Waals surface area (Å²) in [5.41, 5.74) is 3.13. The maximum Gasteiger partial charge on any atom is 0.328 e. The van der Waals surface area contributed by atoms with Crippen LogP contribution in [-0.4, -0.2) is 23.1 Å². The minimum Gasteiger partial charge on any atom is -0.489 e. The van der Waals surface area contributed by atoms with Crippen molar-refractivity contribution in [3.8, 4) is 11.5 Å². The monoisotopic (exact) mass is 494 g/mol. The number of carbonyl (C=O) groups excluding carboxylic acids is 1. The molecule has 2 atom stereocenters. The number of urea groups is 1. The molecular weight excluding hydrogens is 468 g/mol. The fourth-order valence-electron chi connectivity index (χ4n) is 4.39. The van der Waals surface area contributed by atoms with E-state index in [0.717, 1.165) is 11.1 Å². The number of hydrogen-bond donors (Lipinski definition) is 2. The molecule has 37 heavy (non-hydrogen) atoms. The Balaban J connectivity index is 1.52. The van der Waals surface area contributed by atoms with E-state index in [-0.39, 0.29) is 6.61 Å². The molecule has 5 rings (SSSR count). The normalized spacial score (nSPS) is 16.8. The lowest BCUT2D eigenvalue weighted by atomic mass is 9.97. The molecule has 2 N–H and O–H groups in total. The highest BCUT2D eigenvalue weighted by Crippen LogP contribution is 2.40. The number of carbonyl (C=O) groups is 2. The second kappa shape index (κ2) is 10.9. The van der Waals surface area contributed by atoms with Crippen LogP contribution < -0.4 is 19.7 Å². The number of rotatable bonds is 9. The van der Waals surface area contributed by atoms with Crippen LogP contribution in [0.5, 0.6) is 11.5 Å². The van der Waals surface area contributed by atoms with Crippen molar-refractivity contribution in [3.63, 3.8) is 0 Å². The van der Waals surface area contributed by atoms with Crippen LogP contribution in [0.4, 0.5) is 10.5 Å². The summed E-state index contributed by atoms with van der Waals surface area (Å²) in [6.45, 7) is 0.642. The number of ether oxygens (including phenoxy) is 2. The molecule has 1 heterocycles. The van der Waals surface area contributed by atoms with Crippen LogP contribution in [0.1, 0.15) is 22.7 Å². The number of aliphatic carboxylic acids is 1. The smallest absolute Gasteiger partial charge is 0.328 e. The molecule has 4 aromatic rings. The van der Waals surface area contributed by atoms with E-state index in [1.165, 1.54) is 4.90 Å². The van der Waals surface area contributed by atoms with Gasteiger partial charge in [-0.05, 0) is 35.4 Å². The Morgan fingerprint density at radius 3 is 1.95 bits per heavy atom. The van der Waals surface area contributed by atoms with Crippen LogP contribution in [0.3, 0.4) is 0 Å². The first kappa shape index (κ1) is 23.9. The predicted octanol–water partition coefficient (Wildman–Crippen LogP) is 5.57. The molecule has 1 aliphatic heterocycles. The summed E-state index contributed by atoms with van der Waals surface area (Å²) in [5.74, 6) is -0.107. The van der Waals surface area contributed by atoms with Gasteiger partial charge in [-0.3, -0.25) is 4.90 Å². The number of hydrogen-bond acceptors (Lipinski definition) is 4. The van der Waals surface area contributed by atoms with E-state index in [4.69, 9.17) is 9.47 Å². The third-order valence-corrected chi connectivity index (χ3v) is 6.18. The van der Waals surface area contributed by atoms with E-state index in [1.54, 1.807) is 42.5 Å². The van der Waals surface area contributed by atoms with Crippen LogP contribution in [0.15, 0.2) is 109 Å². The van der Waals surface area contributed by atoms with Gasteiger partial charge in [0, 0.05) is 17.3 Å². The summed E-state index contributed by atoms with van der Waals surface area (Å²) in [5, 5.41) is 12.6. The molecule has 0 aliphatic carbocycles. The predicted molar refractivity (Wildman–Crippen MR) is 140 cm³/mol. The summed E-state index contributed by atoms with van der Waals surface area (Å²) in [6.07, 6.45) is 0. The van der Waals surface area contributed by atoms with E-state index in [1.807, 2.05) is 66.7 Å². The average molecular weight is 495 g/mol. The van der Waals surface area contributed by atoms with E-state index in [0.29, 0.717) is 29.4 Å². The first-order valence-electron chi connectivity index (χ1n) is 11.9. The van der Waals surface area contributed by atoms with Gasteiger partial charge in [0.05, 0.1) is 6.04 Å². The number of nitrogens with zero attached hydrogens (tertiary/aromatic N) is 1. The summed E-state index contributed by atoms with van der Waals surface area (Å²) < 4.78 is 12.3. The molecule has 186 valence electrons. The zero-order valence-electron chi connectivity index (χ0n) is 20.0. The molecule has 2 amide bonds. The highest BCUT2D eigenvalue weighted by atomic mass is 16.5. The minimum atomic E-state index is -1.16. The van der Waals surface area contributed by atoms with Gasteiger partial charge in [-0.25, -0.2) is 9.59 Å². The number of nitrogens with one attached hydrogen (secondary N) is 1. The molecule has 0 saturated carbocycles. The van der Waals surface area contributed by atoms with Gasteiger partial charge in [-0.2, -0.15) is 0 Å². The molecule has 7 nitrogen and oxygen atoms in total. The lowest BCUT2D eigenvalue weighted by Crippen LogP contribution is -2.36. The van der Waals surface area contributed by atoms with Gasteiger partial charge < -0.3 is 19.9 Å². The minimum absolute atomic E-state index is 0.271. The maximum absolute atomic E-state index is 13.0. The van der Waals surface area contributed by atoms with E-state index < -0.39 is 24.1 Å². The Bertz CT molecular complexity index is 1360. The number of carboxylic acids is 1. The molecule has 1 saturated heterocycles. The van der Waals surface area contributed by atoms with Gasteiger partial charge in [0.15, 0.2) is 6.04 Å². The van der Waals surface area contributed by atoms with Gasteiger partial charge in [-0.15, -0.1) is 0 Å². The molecule has 0 radical (unpaired) electrons. The van der Waals surface area contributed by atoms with Gasteiger partial charge in [-0.1, -0.05) is 78.9 Å². The molecule has 0 aromatic heterocycles. The second-order valence-electron chi connectivity index (χ2n) is 8.66. The van der Waals surface area contributed by atoms with Gasteiger partial charge in [0.1, 0.15) is 24.7 Å². The Kier molecular flexibility index (Phi) is 7.03. The number of amides is 2. The van der Waals surface area contributed by atoms with Crippen molar-refractivity contribution in [1.82, 2.24) is 5.32 Å². The largest absolute Gasteiger partial charge is 0.489 e. The van der Waals surface area contributed by atoms with Crippen molar-refractivity contribution in [2.75, 3.05) is 4.90 Å². The number of benzene rings is 4. The molecule has 0 bridgehead atoms. The van der Waals surface area contributed by atoms with Crippen molar-refractivity contribution in [1.29, 1.82) is 0 Å². The second-order valence-corrected chi connectivity index (χ2v) is 8.66. The summed E-state index contributed by atoms with van der Waals surface area (Å²) in [4.78, 5) is 26.7. The molecular formula is C30H26N2O5. The third-order valence-electron chi connectivity index (χ3n) is 6.18. The Morgan fingerprint density at radius 2 is 1.35 bits per heavy atom. The van der Waals surface area contributed by atoms with Crippen molar-refractivity contribution in [2.45, 2.75) is 25.3 Å². The summed E-state index contributed by atoms with van der Waals surface area (Å²) in [6, 6.07) is 31.3. The lowest BCUT2D eigenvalue weighted by molar-refractivity contribution is -0.139. The quantitative estimate of drug-likeness (QED) is 0.318. The number of carboxylic acid groups (broad SMARTS) is 1. The lowest BCUT2D eigenvalue weighted by Gasteiger charge is -2.27. The molecule has 0 spiro atoms. The summed E-state index contributed by atoms with van der Waals surface area (Å²) >= 11 is 0. The Morgan fingerprint density at radius 1 is 0.784 bits per heavy atom. The third kappa shape index (κ3) is 5.41. The zero-order chi connectivity index (χ0) is 25.6. The van der Waals surface area contributed by atoms with Crippen LogP contribution in [0.2, 0.25) is 0 Å². The first-order chi connectivity index (χ1) is 18.1. The molecule has 7 heteroatoms. The van der Waals surface area contributed by atoms with Crippen LogP contribution in [0, 0.1) is 0 Å². The standard InChI is InChI=1S/C30H26N2O5/c33-29(34)27-28(32(30(35)31-27)23-14-8-3-9-15-23)25-17-16-24(36-19-21-10-4-1-5-11-21)18-26(25)37-20-22-12-6-2-7-13-22/h1-18,27-28H,19-20H2,(H,31,35)(H,33,34)/t27-,28-/m1/s1. The van der Waals surface area contributed by atoms with Crippen LogP contribution in [0.25, 0.3) is 0 Å². The van der Waals surface area contributed by atoms with Gasteiger partial charge >= 0.3 is 12.0 Å². The molecule has 1 aliphatic rings. The topological polar surface area (TPSA) is 88.1 Å². The SMILES string of the molecule is O=C(O)[C@@H]1NC(=O)N(c2ccccc2)[C@@H]1c1ccc(OCc2ccccc2)cc1OCc1ccccc1. The number of anilines is 1. The molecule has 1 fully saturated rings. The maximum atomic E-state index is 13.0.